The molecule has 0 heterocycles. The number of carboxylic acid groups (broad SMARTS) is 1. The Morgan fingerprint density at radius 2 is 1.82 bits per heavy atom. The average Bonchev–Trinajstić information content (AvgIpc) is 2.24. The molecule has 0 amide bonds. The van der Waals surface area contributed by atoms with Crippen LogP contribution in [0.3, 0.4) is 0 Å². The molecule has 0 spiro atoms. The number of carbonyl (C=O) groups is 1. The SMILES string of the molecule is O=C(O)C(Cc1ccccc1)N(O)P(=O)(O)O. The smallest absolute Gasteiger partial charge is 0.426 e. The number of hydrogen-bond donors (Lipinski definition) is 4. The Morgan fingerprint density at radius 1 is 1.29 bits per heavy atom. The number of carboxylic acids is 1. The summed E-state index contributed by atoms with van der Waals surface area (Å²) in [5, 5.41) is 18.0. The van der Waals surface area contributed by atoms with Gasteiger partial charge in [0.2, 0.25) is 0 Å². The van der Waals surface area contributed by atoms with Crippen molar-refractivity contribution in [1.29, 1.82) is 0 Å². The van der Waals surface area contributed by atoms with E-state index in [4.69, 9.17) is 20.1 Å². The molecule has 0 saturated carbocycles. The van der Waals surface area contributed by atoms with E-state index in [1.54, 1.807) is 30.3 Å². The lowest BCUT2D eigenvalue weighted by Crippen LogP contribution is -2.38. The normalized spacial score (nSPS) is 13.6. The predicted molar refractivity (Wildman–Crippen MR) is 57.2 cm³/mol. The highest BCUT2D eigenvalue weighted by Crippen LogP contribution is 2.40. The molecule has 0 aromatic heterocycles. The van der Waals surface area contributed by atoms with Crippen molar-refractivity contribution >= 4 is 13.7 Å². The Bertz CT molecular complexity index is 430. The molecule has 0 bridgehead atoms. The first-order chi connectivity index (χ1) is 7.82. The molecule has 1 aromatic rings. The summed E-state index contributed by atoms with van der Waals surface area (Å²) in [6.07, 6.45) is -0.211. The van der Waals surface area contributed by atoms with E-state index in [1.807, 2.05) is 0 Å². The van der Waals surface area contributed by atoms with Gasteiger partial charge in [0.1, 0.15) is 6.04 Å². The van der Waals surface area contributed by atoms with Gasteiger partial charge in [-0.25, -0.2) is 4.57 Å². The van der Waals surface area contributed by atoms with Gasteiger partial charge in [-0.3, -0.25) is 4.79 Å². The van der Waals surface area contributed by atoms with Gasteiger partial charge in [-0.05, 0) is 5.56 Å². The zero-order valence-electron chi connectivity index (χ0n) is 8.67. The first-order valence-electron chi connectivity index (χ1n) is 4.63. The molecule has 8 heteroatoms. The van der Waals surface area contributed by atoms with Crippen molar-refractivity contribution in [2.75, 3.05) is 0 Å². The average molecular weight is 261 g/mol. The van der Waals surface area contributed by atoms with Crippen LogP contribution >= 0.6 is 7.75 Å². The summed E-state index contributed by atoms with van der Waals surface area (Å²) in [6.45, 7) is 0. The maximum atomic E-state index is 10.8. The van der Waals surface area contributed by atoms with Gasteiger partial charge < -0.3 is 20.1 Å². The summed E-state index contributed by atoms with van der Waals surface area (Å²) in [6, 6.07) is 6.55. The van der Waals surface area contributed by atoms with Gasteiger partial charge in [-0.15, -0.1) is 0 Å². The third-order valence-electron chi connectivity index (χ3n) is 2.10. The molecule has 1 atom stereocenters. The highest BCUT2D eigenvalue weighted by Gasteiger charge is 2.36. The van der Waals surface area contributed by atoms with Gasteiger partial charge in [-0.2, -0.15) is 0 Å². The molecule has 1 rings (SSSR count). The quantitative estimate of drug-likeness (QED) is 0.449. The number of nitrogens with zero attached hydrogens (tertiary/aromatic N) is 1. The number of aliphatic carboxylic acids is 1. The maximum absolute atomic E-state index is 10.8. The summed E-state index contributed by atoms with van der Waals surface area (Å²) in [7, 11) is -5.00. The van der Waals surface area contributed by atoms with Crippen LogP contribution < -0.4 is 0 Å². The van der Waals surface area contributed by atoms with Gasteiger partial charge in [0.25, 0.3) is 0 Å². The van der Waals surface area contributed by atoms with Crippen LogP contribution in [0.1, 0.15) is 5.56 Å². The molecular formula is C9H12NO6P. The summed E-state index contributed by atoms with van der Waals surface area (Å²) in [5.41, 5.74) is 0.549. The largest absolute Gasteiger partial charge is 0.480 e. The monoisotopic (exact) mass is 261 g/mol. The van der Waals surface area contributed by atoms with E-state index in [0.717, 1.165) is 0 Å². The van der Waals surface area contributed by atoms with Crippen molar-refractivity contribution in [1.82, 2.24) is 4.83 Å². The van der Waals surface area contributed by atoms with Gasteiger partial charge in [0.05, 0.1) is 0 Å². The van der Waals surface area contributed by atoms with E-state index in [0.29, 0.717) is 5.56 Å². The second-order valence-corrected chi connectivity index (χ2v) is 4.81. The van der Waals surface area contributed by atoms with Gasteiger partial charge >= 0.3 is 13.7 Å². The summed E-state index contributed by atoms with van der Waals surface area (Å²) >= 11 is 0. The van der Waals surface area contributed by atoms with Crippen LogP contribution in [0, 0.1) is 0 Å². The Kier molecular flexibility index (Phi) is 4.39. The second-order valence-electron chi connectivity index (χ2n) is 3.38. The van der Waals surface area contributed by atoms with E-state index in [-0.39, 0.29) is 6.42 Å². The number of benzene rings is 1. The summed E-state index contributed by atoms with van der Waals surface area (Å²) in [5.74, 6) is -1.51. The van der Waals surface area contributed by atoms with Crippen LogP contribution in [0.25, 0.3) is 0 Å². The zero-order chi connectivity index (χ0) is 13.1. The van der Waals surface area contributed by atoms with Gasteiger partial charge in [0.15, 0.2) is 0 Å². The molecule has 1 aromatic carbocycles. The molecule has 17 heavy (non-hydrogen) atoms. The fraction of sp³-hybridized carbons (Fsp3) is 0.222. The lowest BCUT2D eigenvalue weighted by Gasteiger charge is -2.22. The first kappa shape index (κ1) is 13.8. The fourth-order valence-corrected chi connectivity index (χ4v) is 1.83. The van der Waals surface area contributed by atoms with Crippen LogP contribution in [0.5, 0.6) is 0 Å². The lowest BCUT2D eigenvalue weighted by molar-refractivity contribution is -0.154. The standard InChI is InChI=1S/C9H12NO6P/c11-9(12)8(10(13)17(14,15)16)6-7-4-2-1-3-5-7/h1-5,8,13H,6H2,(H,11,12)(H2,14,15,16). The molecular weight excluding hydrogens is 249 g/mol. The van der Waals surface area contributed by atoms with Crippen LogP contribution in [-0.2, 0) is 15.8 Å². The molecule has 7 nitrogen and oxygen atoms in total. The Labute approximate surface area is 97.1 Å². The number of rotatable bonds is 5. The molecule has 0 aliphatic rings. The van der Waals surface area contributed by atoms with E-state index in [1.165, 1.54) is 0 Å². The van der Waals surface area contributed by atoms with E-state index in [2.05, 4.69) is 0 Å². The van der Waals surface area contributed by atoms with Gasteiger partial charge in [0, 0.05) is 6.42 Å². The molecule has 0 radical (unpaired) electrons. The fourth-order valence-electron chi connectivity index (χ4n) is 1.29. The molecule has 4 N–H and O–H groups in total. The Hall–Kier alpha value is -1.24. The lowest BCUT2D eigenvalue weighted by atomic mass is 10.1. The van der Waals surface area contributed by atoms with Crippen LogP contribution in [0.15, 0.2) is 30.3 Å². The molecule has 0 fully saturated rings. The summed E-state index contributed by atoms with van der Waals surface area (Å²) in [4.78, 5) is 27.8. The maximum Gasteiger partial charge on any atom is 0.426 e. The van der Waals surface area contributed by atoms with Crippen molar-refractivity contribution in [2.45, 2.75) is 12.5 Å². The molecule has 94 valence electrons. The second kappa shape index (κ2) is 5.39. The van der Waals surface area contributed by atoms with Crippen LogP contribution in [0.4, 0.5) is 0 Å². The molecule has 0 aliphatic heterocycles. The molecule has 0 aliphatic carbocycles. The van der Waals surface area contributed by atoms with Crippen molar-refractivity contribution in [3.05, 3.63) is 35.9 Å². The number of hydroxylamine groups is 1. The number of hydrogen-bond acceptors (Lipinski definition) is 3. The highest BCUT2D eigenvalue weighted by molar-refractivity contribution is 7.48. The van der Waals surface area contributed by atoms with Crippen molar-refractivity contribution < 1.29 is 29.5 Å². The van der Waals surface area contributed by atoms with E-state index >= 15 is 0 Å². The molecule has 1 unspecified atom stereocenters. The minimum atomic E-state index is -5.00. The van der Waals surface area contributed by atoms with Crippen LogP contribution in [0.2, 0.25) is 0 Å². The van der Waals surface area contributed by atoms with Crippen molar-refractivity contribution in [3.8, 4) is 0 Å². The highest BCUT2D eigenvalue weighted by atomic mass is 31.2. The van der Waals surface area contributed by atoms with Crippen molar-refractivity contribution in [3.63, 3.8) is 0 Å². The first-order valence-corrected chi connectivity index (χ1v) is 6.19. The zero-order valence-corrected chi connectivity index (χ0v) is 9.57. The predicted octanol–water partition coefficient (Wildman–Crippen LogP) is 0.466. The molecule has 0 saturated heterocycles. The van der Waals surface area contributed by atoms with E-state index in [9.17, 15) is 9.36 Å². The minimum absolute atomic E-state index is 0.211. The minimum Gasteiger partial charge on any atom is -0.480 e. The van der Waals surface area contributed by atoms with Gasteiger partial charge in [-0.1, -0.05) is 35.2 Å². The van der Waals surface area contributed by atoms with Crippen molar-refractivity contribution in [2.24, 2.45) is 0 Å². The van der Waals surface area contributed by atoms with E-state index < -0.39 is 24.6 Å². The third-order valence-corrected chi connectivity index (χ3v) is 2.92. The Balaban J connectivity index is 2.89. The Morgan fingerprint density at radius 3 is 2.24 bits per heavy atom. The topological polar surface area (TPSA) is 118 Å². The summed E-state index contributed by atoms with van der Waals surface area (Å²) < 4.78 is 10.8. The van der Waals surface area contributed by atoms with Crippen LogP contribution in [-0.4, -0.2) is 36.9 Å². The third kappa shape index (κ3) is 3.92.